The average Bonchev–Trinajstić information content (AvgIpc) is 2.93. The molecule has 2 aliphatic rings. The number of hydrogen-bond donors (Lipinski definition) is 1. The highest BCUT2D eigenvalue weighted by Gasteiger charge is 2.24. The smallest absolute Gasteiger partial charge is 0.156 e. The van der Waals surface area contributed by atoms with E-state index in [2.05, 4.69) is 31.0 Å². The third kappa shape index (κ3) is 3.89. The second-order valence-electron chi connectivity index (χ2n) is 5.85. The van der Waals surface area contributed by atoms with Crippen molar-refractivity contribution >= 4 is 16.9 Å². The van der Waals surface area contributed by atoms with Crippen molar-refractivity contribution in [2.24, 2.45) is 10.9 Å². The first kappa shape index (κ1) is 14.2. The molecule has 0 spiro atoms. The molecule has 2 aliphatic heterocycles. The molecular formula is C14H27N3S. The number of hydrogen-bond acceptors (Lipinski definition) is 3. The van der Waals surface area contributed by atoms with Crippen LogP contribution in [0, 0.1) is 5.92 Å². The Balaban J connectivity index is 1.77. The fourth-order valence-corrected chi connectivity index (χ4v) is 3.93. The van der Waals surface area contributed by atoms with E-state index in [0.717, 1.165) is 12.5 Å². The van der Waals surface area contributed by atoms with Crippen molar-refractivity contribution in [1.82, 2.24) is 10.2 Å². The zero-order valence-corrected chi connectivity index (χ0v) is 12.8. The van der Waals surface area contributed by atoms with E-state index in [9.17, 15) is 0 Å². The maximum absolute atomic E-state index is 4.79. The van der Waals surface area contributed by atoms with Gasteiger partial charge in [0.15, 0.2) is 5.17 Å². The van der Waals surface area contributed by atoms with Crippen LogP contribution in [-0.2, 0) is 0 Å². The molecule has 2 atom stereocenters. The van der Waals surface area contributed by atoms with Crippen molar-refractivity contribution in [2.75, 3.05) is 25.4 Å². The molecule has 0 aromatic rings. The van der Waals surface area contributed by atoms with E-state index in [1.165, 1.54) is 43.3 Å². The Morgan fingerprint density at radius 2 is 2.33 bits per heavy atom. The third-order valence-corrected chi connectivity index (χ3v) is 4.95. The maximum atomic E-state index is 4.79. The number of amidine groups is 1. The van der Waals surface area contributed by atoms with Gasteiger partial charge in [-0.3, -0.25) is 9.89 Å². The standard InChI is InChI=1S/C14H27N3S/c1-4-17-7-5-6-13(17)9-15-14-16-12(10-18-14)8-11(2)3/h11-13H,4-10H2,1-3H3,(H,15,16). The Kier molecular flexibility index (Phi) is 5.37. The van der Waals surface area contributed by atoms with Crippen LogP contribution in [0.2, 0.25) is 0 Å². The number of rotatable bonds is 5. The second-order valence-corrected chi connectivity index (χ2v) is 6.86. The quantitative estimate of drug-likeness (QED) is 0.831. The Morgan fingerprint density at radius 3 is 3.06 bits per heavy atom. The van der Waals surface area contributed by atoms with E-state index < -0.39 is 0 Å². The van der Waals surface area contributed by atoms with E-state index in [0.29, 0.717) is 12.1 Å². The molecule has 2 heterocycles. The molecule has 0 amide bonds. The first-order chi connectivity index (χ1) is 8.69. The Labute approximate surface area is 116 Å². The summed E-state index contributed by atoms with van der Waals surface area (Å²) in [5.74, 6) is 1.96. The van der Waals surface area contributed by atoms with E-state index >= 15 is 0 Å². The van der Waals surface area contributed by atoms with Crippen molar-refractivity contribution in [3.8, 4) is 0 Å². The van der Waals surface area contributed by atoms with Crippen molar-refractivity contribution in [1.29, 1.82) is 0 Å². The summed E-state index contributed by atoms with van der Waals surface area (Å²) in [6.07, 6.45) is 3.93. The van der Waals surface area contributed by atoms with Gasteiger partial charge in [-0.15, -0.1) is 0 Å². The van der Waals surface area contributed by atoms with Crippen LogP contribution >= 0.6 is 11.8 Å². The summed E-state index contributed by atoms with van der Waals surface area (Å²) in [6, 6.07) is 1.33. The summed E-state index contributed by atoms with van der Waals surface area (Å²) in [5.41, 5.74) is 0. The van der Waals surface area contributed by atoms with Gasteiger partial charge in [-0.25, -0.2) is 0 Å². The summed E-state index contributed by atoms with van der Waals surface area (Å²) in [7, 11) is 0. The van der Waals surface area contributed by atoms with Crippen molar-refractivity contribution in [3.63, 3.8) is 0 Å². The predicted molar refractivity (Wildman–Crippen MR) is 81.4 cm³/mol. The summed E-state index contributed by atoms with van der Waals surface area (Å²) in [5, 5.41) is 4.76. The van der Waals surface area contributed by atoms with Crippen molar-refractivity contribution in [3.05, 3.63) is 0 Å². The van der Waals surface area contributed by atoms with Gasteiger partial charge in [-0.2, -0.15) is 0 Å². The van der Waals surface area contributed by atoms with Crippen molar-refractivity contribution in [2.45, 2.75) is 52.1 Å². The van der Waals surface area contributed by atoms with Gasteiger partial charge in [0.25, 0.3) is 0 Å². The zero-order chi connectivity index (χ0) is 13.0. The SMILES string of the molecule is CCN1CCCC1CN=C1NC(CC(C)C)CS1. The molecule has 18 heavy (non-hydrogen) atoms. The first-order valence-electron chi connectivity index (χ1n) is 7.37. The maximum Gasteiger partial charge on any atom is 0.156 e. The van der Waals surface area contributed by atoms with Gasteiger partial charge in [0.05, 0.1) is 6.54 Å². The minimum atomic E-state index is 0.639. The number of nitrogens with one attached hydrogen (secondary N) is 1. The molecule has 2 saturated heterocycles. The lowest BCUT2D eigenvalue weighted by Crippen LogP contribution is -2.33. The molecule has 0 radical (unpaired) electrons. The van der Waals surface area contributed by atoms with E-state index in [4.69, 9.17) is 4.99 Å². The highest BCUT2D eigenvalue weighted by atomic mass is 32.2. The minimum Gasteiger partial charge on any atom is -0.361 e. The van der Waals surface area contributed by atoms with Crippen LogP contribution < -0.4 is 5.32 Å². The lowest BCUT2D eigenvalue weighted by atomic mass is 10.1. The Hall–Kier alpha value is -0.220. The molecule has 0 aliphatic carbocycles. The summed E-state index contributed by atoms with van der Waals surface area (Å²) in [4.78, 5) is 7.35. The van der Waals surface area contributed by atoms with Crippen molar-refractivity contribution < 1.29 is 0 Å². The van der Waals surface area contributed by atoms with Gasteiger partial charge in [0.1, 0.15) is 0 Å². The van der Waals surface area contributed by atoms with Crippen LogP contribution in [0.1, 0.15) is 40.0 Å². The molecule has 0 bridgehead atoms. The van der Waals surface area contributed by atoms with E-state index in [-0.39, 0.29) is 0 Å². The van der Waals surface area contributed by atoms with Gasteiger partial charge in [-0.05, 0) is 38.3 Å². The molecule has 1 N–H and O–H groups in total. The summed E-state index contributed by atoms with van der Waals surface area (Å²) in [6.45, 7) is 10.3. The number of nitrogens with zero attached hydrogens (tertiary/aromatic N) is 2. The van der Waals surface area contributed by atoms with Crippen LogP contribution in [0.3, 0.4) is 0 Å². The van der Waals surface area contributed by atoms with Crippen LogP contribution in [-0.4, -0.2) is 47.5 Å². The molecule has 0 aromatic carbocycles. The number of aliphatic imine (C=N–C) groups is 1. The van der Waals surface area contributed by atoms with Crippen LogP contribution in [0.4, 0.5) is 0 Å². The fourth-order valence-electron chi connectivity index (χ4n) is 2.93. The van der Waals surface area contributed by atoms with Gasteiger partial charge in [0, 0.05) is 17.8 Å². The van der Waals surface area contributed by atoms with Crippen LogP contribution in [0.15, 0.2) is 4.99 Å². The summed E-state index contributed by atoms with van der Waals surface area (Å²) < 4.78 is 0. The second kappa shape index (κ2) is 6.80. The predicted octanol–water partition coefficient (Wildman–Crippen LogP) is 2.58. The number of thioether (sulfide) groups is 1. The highest BCUT2D eigenvalue weighted by molar-refractivity contribution is 8.14. The van der Waals surface area contributed by atoms with Crippen LogP contribution in [0.5, 0.6) is 0 Å². The van der Waals surface area contributed by atoms with E-state index in [1.54, 1.807) is 0 Å². The molecule has 104 valence electrons. The normalized spacial score (nSPS) is 31.4. The van der Waals surface area contributed by atoms with Gasteiger partial charge in [-0.1, -0.05) is 32.5 Å². The molecule has 0 saturated carbocycles. The minimum absolute atomic E-state index is 0.639. The lowest BCUT2D eigenvalue weighted by molar-refractivity contribution is 0.273. The first-order valence-corrected chi connectivity index (χ1v) is 8.35. The highest BCUT2D eigenvalue weighted by Crippen LogP contribution is 2.21. The Bertz CT molecular complexity index is 291. The van der Waals surface area contributed by atoms with Crippen LogP contribution in [0.25, 0.3) is 0 Å². The molecule has 4 heteroatoms. The third-order valence-electron chi connectivity index (χ3n) is 3.86. The molecule has 2 unspecified atom stereocenters. The van der Waals surface area contributed by atoms with Gasteiger partial charge >= 0.3 is 0 Å². The molecule has 2 rings (SSSR count). The average molecular weight is 269 g/mol. The molecule has 2 fully saturated rings. The number of likely N-dealkylation sites (tertiary alicyclic amines) is 1. The zero-order valence-electron chi connectivity index (χ0n) is 12.0. The fraction of sp³-hybridized carbons (Fsp3) is 0.929. The summed E-state index contributed by atoms with van der Waals surface area (Å²) >= 11 is 1.91. The van der Waals surface area contributed by atoms with Gasteiger partial charge in [0.2, 0.25) is 0 Å². The lowest BCUT2D eigenvalue weighted by Gasteiger charge is -2.21. The van der Waals surface area contributed by atoms with Gasteiger partial charge < -0.3 is 5.32 Å². The molecule has 0 aromatic heterocycles. The molecular weight excluding hydrogens is 242 g/mol. The monoisotopic (exact) mass is 269 g/mol. The Morgan fingerprint density at radius 1 is 1.50 bits per heavy atom. The topological polar surface area (TPSA) is 27.6 Å². The largest absolute Gasteiger partial charge is 0.361 e. The number of likely N-dealkylation sites (N-methyl/N-ethyl adjacent to an activating group) is 1. The van der Waals surface area contributed by atoms with E-state index in [1.807, 2.05) is 11.8 Å². The molecule has 3 nitrogen and oxygen atoms in total.